The van der Waals surface area contributed by atoms with E-state index in [0.717, 1.165) is 29.7 Å². The zero-order valence-electron chi connectivity index (χ0n) is 18.7. The molecule has 6 rings (SSSR count). The Morgan fingerprint density at radius 3 is 2.79 bits per heavy atom. The van der Waals surface area contributed by atoms with Crippen molar-refractivity contribution in [3.05, 3.63) is 59.2 Å². The van der Waals surface area contributed by atoms with Crippen LogP contribution in [0, 0.1) is 0 Å². The number of nitrogens with zero attached hydrogens (tertiary/aromatic N) is 1. The molecule has 0 aromatic heterocycles. The maximum absolute atomic E-state index is 12.2. The van der Waals surface area contributed by atoms with Crippen LogP contribution in [0.1, 0.15) is 36.0 Å². The topological polar surface area (TPSA) is 102 Å². The molecule has 174 valence electrons. The molecule has 2 aromatic rings. The number of carboxylic acids is 1. The fraction of sp³-hybridized carbons (Fsp3) is 0.500. The number of nitrogens with one attached hydrogen (secondary N) is 1. The zero-order chi connectivity index (χ0) is 23.0. The van der Waals surface area contributed by atoms with E-state index < -0.39 is 29.1 Å². The molecule has 1 saturated carbocycles. The molecule has 0 amide bonds. The fourth-order valence-corrected chi connectivity index (χ4v) is 7.25. The van der Waals surface area contributed by atoms with Crippen molar-refractivity contribution < 1.29 is 24.9 Å². The Labute approximate surface area is 193 Å². The third-order valence-electron chi connectivity index (χ3n) is 8.73. The predicted molar refractivity (Wildman–Crippen MR) is 122 cm³/mol. The quantitative estimate of drug-likeness (QED) is 0.551. The minimum absolute atomic E-state index is 0.0270. The molecule has 7 nitrogen and oxygen atoms in total. The lowest BCUT2D eigenvalue weighted by Crippen LogP contribution is -2.78. The van der Waals surface area contributed by atoms with Crippen molar-refractivity contribution in [2.75, 3.05) is 13.6 Å². The van der Waals surface area contributed by atoms with Gasteiger partial charge in [-0.25, -0.2) is 0 Å². The Kier molecular flexibility index (Phi) is 4.57. The Hall–Kier alpha value is -2.61. The lowest BCUT2D eigenvalue weighted by molar-refractivity contribution is -0.187. The molecular weight excluding hydrogens is 420 g/mol. The number of likely N-dealkylation sites (tertiary alicyclic amines) is 1. The van der Waals surface area contributed by atoms with Crippen molar-refractivity contribution in [1.29, 1.82) is 0 Å². The van der Waals surface area contributed by atoms with Gasteiger partial charge in [0, 0.05) is 17.6 Å². The molecule has 2 aliphatic heterocycles. The molecule has 4 aliphatic rings. The van der Waals surface area contributed by atoms with Gasteiger partial charge in [-0.15, -0.1) is 0 Å². The molecule has 2 unspecified atom stereocenters. The van der Waals surface area contributed by atoms with Crippen molar-refractivity contribution in [2.24, 2.45) is 0 Å². The van der Waals surface area contributed by atoms with Crippen LogP contribution in [0.2, 0.25) is 0 Å². The highest BCUT2D eigenvalue weighted by molar-refractivity contribution is 5.74. The van der Waals surface area contributed by atoms with E-state index in [-0.39, 0.29) is 17.8 Å². The summed E-state index contributed by atoms with van der Waals surface area (Å²) in [5.41, 5.74) is 1.38. The Morgan fingerprint density at radius 2 is 2.03 bits per heavy atom. The lowest BCUT2D eigenvalue weighted by atomic mass is 9.48. The highest BCUT2D eigenvalue weighted by Gasteiger charge is 2.72. The summed E-state index contributed by atoms with van der Waals surface area (Å²) in [5, 5.41) is 36.3. The summed E-state index contributed by atoms with van der Waals surface area (Å²) >= 11 is 0. The zero-order valence-corrected chi connectivity index (χ0v) is 18.7. The van der Waals surface area contributed by atoms with Crippen LogP contribution in [0.4, 0.5) is 0 Å². The number of phenolic OH excluding ortho intramolecular Hbond substituents is 1. The minimum Gasteiger partial charge on any atom is -0.504 e. The van der Waals surface area contributed by atoms with Gasteiger partial charge in [-0.1, -0.05) is 36.4 Å². The van der Waals surface area contributed by atoms with Crippen LogP contribution in [0.3, 0.4) is 0 Å². The monoisotopic (exact) mass is 450 g/mol. The largest absolute Gasteiger partial charge is 0.504 e. The number of carbonyl (C=O) groups is 1. The molecule has 2 heterocycles. The fourth-order valence-electron chi connectivity index (χ4n) is 7.25. The number of piperidine rings is 1. The molecule has 7 heteroatoms. The maximum atomic E-state index is 12.2. The van der Waals surface area contributed by atoms with Gasteiger partial charge < -0.3 is 25.0 Å². The van der Waals surface area contributed by atoms with Crippen molar-refractivity contribution >= 4 is 5.97 Å². The van der Waals surface area contributed by atoms with E-state index in [0.29, 0.717) is 31.4 Å². The van der Waals surface area contributed by atoms with Gasteiger partial charge in [0.15, 0.2) is 11.5 Å². The van der Waals surface area contributed by atoms with Crippen molar-refractivity contribution in [3.8, 4) is 11.5 Å². The number of benzene rings is 2. The summed E-state index contributed by atoms with van der Waals surface area (Å²) < 4.78 is 6.47. The second kappa shape index (κ2) is 7.19. The number of hydrogen-bond acceptors (Lipinski definition) is 6. The van der Waals surface area contributed by atoms with Gasteiger partial charge in [0.25, 0.3) is 0 Å². The first-order valence-corrected chi connectivity index (χ1v) is 11.8. The Balaban J connectivity index is 1.40. The number of rotatable bonds is 5. The third kappa shape index (κ3) is 2.76. The SMILES string of the molecule is CN1CC[C@]23c4c5ccc(O)c4OC2C(N[C@@H](Cc2ccccc2)C(=O)O)CC[C@@]3(O)[C@H]1C5. The lowest BCUT2D eigenvalue weighted by Gasteiger charge is -2.63. The summed E-state index contributed by atoms with van der Waals surface area (Å²) in [4.78, 5) is 14.4. The molecule has 2 bridgehead atoms. The van der Waals surface area contributed by atoms with Crippen LogP contribution in [0.25, 0.3) is 0 Å². The van der Waals surface area contributed by atoms with Gasteiger partial charge in [-0.05, 0) is 62.9 Å². The van der Waals surface area contributed by atoms with Crippen molar-refractivity contribution in [3.63, 3.8) is 0 Å². The molecule has 33 heavy (non-hydrogen) atoms. The van der Waals surface area contributed by atoms with Gasteiger partial charge in [0.1, 0.15) is 12.1 Å². The van der Waals surface area contributed by atoms with E-state index in [4.69, 9.17) is 4.74 Å². The first-order valence-electron chi connectivity index (χ1n) is 11.8. The summed E-state index contributed by atoms with van der Waals surface area (Å²) in [5.74, 6) is -0.334. The number of aliphatic carboxylic acids is 1. The average Bonchev–Trinajstić information content (AvgIpc) is 3.16. The van der Waals surface area contributed by atoms with E-state index >= 15 is 0 Å². The van der Waals surface area contributed by atoms with Crippen LogP contribution in [0.5, 0.6) is 11.5 Å². The molecule has 1 saturated heterocycles. The normalized spacial score (nSPS) is 34.9. The summed E-state index contributed by atoms with van der Waals surface area (Å²) in [6.07, 6.45) is 2.52. The van der Waals surface area contributed by atoms with Gasteiger partial charge in [-0.2, -0.15) is 0 Å². The van der Waals surface area contributed by atoms with E-state index in [2.05, 4.69) is 17.3 Å². The Bertz CT molecular complexity index is 1110. The summed E-state index contributed by atoms with van der Waals surface area (Å²) in [6.45, 7) is 0.820. The highest BCUT2D eigenvalue weighted by atomic mass is 16.5. The molecular formula is C26H30N2O5. The van der Waals surface area contributed by atoms with E-state index in [9.17, 15) is 20.1 Å². The second-order valence-electron chi connectivity index (χ2n) is 10.2. The number of likely N-dealkylation sites (N-methyl/N-ethyl adjacent to an activating group) is 1. The summed E-state index contributed by atoms with van der Waals surface area (Å²) in [7, 11) is 2.07. The first kappa shape index (κ1) is 21.0. The van der Waals surface area contributed by atoms with E-state index in [1.165, 1.54) is 0 Å². The molecule has 2 aliphatic carbocycles. The molecule has 0 radical (unpaired) electrons. The highest BCUT2D eigenvalue weighted by Crippen LogP contribution is 2.65. The molecule has 2 fully saturated rings. The van der Waals surface area contributed by atoms with Gasteiger partial charge in [-0.3, -0.25) is 10.1 Å². The average molecular weight is 451 g/mol. The van der Waals surface area contributed by atoms with Gasteiger partial charge >= 0.3 is 5.97 Å². The molecule has 6 atom stereocenters. The number of phenols is 1. The van der Waals surface area contributed by atoms with Gasteiger partial charge in [0.2, 0.25) is 0 Å². The van der Waals surface area contributed by atoms with Crippen molar-refractivity contribution in [2.45, 2.75) is 67.3 Å². The standard InChI is InChI=1S/C26H30N2O5/c1-28-12-11-25-21-16-7-8-19(29)22(21)33-23(25)17(9-10-26(25,32)20(28)14-16)27-18(24(30)31)13-15-5-3-2-4-6-15/h2-8,17-18,20,23,27,29,32H,9-14H2,1H3,(H,30,31)/t17?,18-,20+,23?,25-,26+/m0/s1. The minimum atomic E-state index is -0.979. The molecule has 1 spiro atoms. The van der Waals surface area contributed by atoms with E-state index in [1.54, 1.807) is 6.07 Å². The predicted octanol–water partition coefficient (Wildman–Crippen LogP) is 1.83. The molecule has 2 aromatic carbocycles. The van der Waals surface area contributed by atoms with Crippen LogP contribution < -0.4 is 10.1 Å². The number of aromatic hydroxyl groups is 1. The van der Waals surface area contributed by atoms with Crippen LogP contribution in [0.15, 0.2) is 42.5 Å². The molecule has 4 N–H and O–H groups in total. The van der Waals surface area contributed by atoms with Gasteiger partial charge in [0.05, 0.1) is 11.0 Å². The smallest absolute Gasteiger partial charge is 0.321 e. The maximum Gasteiger partial charge on any atom is 0.321 e. The first-order chi connectivity index (χ1) is 15.8. The van der Waals surface area contributed by atoms with Crippen LogP contribution >= 0.6 is 0 Å². The van der Waals surface area contributed by atoms with Crippen molar-refractivity contribution in [1.82, 2.24) is 10.2 Å². The third-order valence-corrected chi connectivity index (χ3v) is 8.73. The number of carboxylic acid groups (broad SMARTS) is 1. The van der Waals surface area contributed by atoms with Crippen LogP contribution in [-0.4, -0.2) is 69.6 Å². The van der Waals surface area contributed by atoms with Crippen LogP contribution in [-0.2, 0) is 23.1 Å². The number of hydrogen-bond donors (Lipinski definition) is 4. The summed E-state index contributed by atoms with van der Waals surface area (Å²) in [6, 6.07) is 12.2. The Morgan fingerprint density at radius 1 is 1.24 bits per heavy atom. The number of ether oxygens (including phenoxy) is 1. The second-order valence-corrected chi connectivity index (χ2v) is 10.2. The number of aliphatic hydroxyl groups is 1. The van der Waals surface area contributed by atoms with E-state index in [1.807, 2.05) is 36.4 Å².